The second-order valence-corrected chi connectivity index (χ2v) is 4.10. The first-order chi connectivity index (χ1) is 6.88. The van der Waals surface area contributed by atoms with Crippen LogP contribution in [0, 0.1) is 0 Å². The maximum absolute atomic E-state index is 5.83. The van der Waals surface area contributed by atoms with Crippen molar-refractivity contribution in [1.82, 2.24) is 0 Å². The zero-order chi connectivity index (χ0) is 9.43. The van der Waals surface area contributed by atoms with Crippen LogP contribution in [0.15, 0.2) is 24.3 Å². The minimum atomic E-state index is -0.283. The molecular weight excluding hydrogens is 176 g/mol. The van der Waals surface area contributed by atoms with E-state index in [1.165, 1.54) is 11.1 Å². The van der Waals surface area contributed by atoms with E-state index in [2.05, 4.69) is 24.3 Å². The van der Waals surface area contributed by atoms with Crippen molar-refractivity contribution in [3.8, 4) is 0 Å². The van der Waals surface area contributed by atoms with Gasteiger partial charge in [-0.15, -0.1) is 0 Å². The molecule has 74 valence electrons. The highest BCUT2D eigenvalue weighted by Crippen LogP contribution is 2.36. The Balaban J connectivity index is 1.92. The van der Waals surface area contributed by atoms with Gasteiger partial charge in [0.15, 0.2) is 5.79 Å². The third kappa shape index (κ3) is 1.26. The molecule has 2 aliphatic heterocycles. The summed E-state index contributed by atoms with van der Waals surface area (Å²) >= 11 is 0. The van der Waals surface area contributed by atoms with E-state index in [1.807, 2.05) is 0 Å². The molecule has 14 heavy (non-hydrogen) atoms. The van der Waals surface area contributed by atoms with Crippen LogP contribution in [0.3, 0.4) is 0 Å². The molecule has 1 saturated heterocycles. The number of hydrogen-bond donors (Lipinski definition) is 0. The quantitative estimate of drug-likeness (QED) is 0.624. The average molecular weight is 190 g/mol. The van der Waals surface area contributed by atoms with Gasteiger partial charge in [0.1, 0.15) is 0 Å². The Morgan fingerprint density at radius 2 is 1.93 bits per heavy atom. The third-order valence-corrected chi connectivity index (χ3v) is 3.14. The Morgan fingerprint density at radius 1 is 1.07 bits per heavy atom. The summed E-state index contributed by atoms with van der Waals surface area (Å²) in [6.07, 6.45) is 3.09. The lowest BCUT2D eigenvalue weighted by atomic mass is 9.95. The van der Waals surface area contributed by atoms with Crippen LogP contribution in [0.1, 0.15) is 24.0 Å². The second-order valence-electron chi connectivity index (χ2n) is 4.10. The minimum Gasteiger partial charge on any atom is -0.350 e. The van der Waals surface area contributed by atoms with Gasteiger partial charge in [-0.25, -0.2) is 0 Å². The third-order valence-electron chi connectivity index (χ3n) is 3.14. The minimum absolute atomic E-state index is 0.283. The van der Waals surface area contributed by atoms with Crippen LogP contribution >= 0.6 is 0 Å². The first-order valence-electron chi connectivity index (χ1n) is 5.23. The lowest BCUT2D eigenvalue weighted by Gasteiger charge is -2.33. The second kappa shape index (κ2) is 3.07. The van der Waals surface area contributed by atoms with Gasteiger partial charge in [-0.1, -0.05) is 24.3 Å². The molecule has 0 saturated carbocycles. The first kappa shape index (κ1) is 8.45. The molecule has 1 spiro atoms. The maximum Gasteiger partial charge on any atom is 0.172 e. The van der Waals surface area contributed by atoms with Crippen LogP contribution in [0.25, 0.3) is 0 Å². The Morgan fingerprint density at radius 3 is 2.71 bits per heavy atom. The van der Waals surface area contributed by atoms with Crippen LogP contribution < -0.4 is 0 Å². The topological polar surface area (TPSA) is 18.5 Å². The summed E-state index contributed by atoms with van der Waals surface area (Å²) in [5.74, 6) is -0.283. The Kier molecular flexibility index (Phi) is 1.85. The Hall–Kier alpha value is -0.860. The van der Waals surface area contributed by atoms with Gasteiger partial charge >= 0.3 is 0 Å². The van der Waals surface area contributed by atoms with Crippen molar-refractivity contribution in [2.24, 2.45) is 0 Å². The first-order valence-corrected chi connectivity index (χ1v) is 5.23. The predicted molar refractivity (Wildman–Crippen MR) is 52.9 cm³/mol. The molecule has 1 aromatic carbocycles. The van der Waals surface area contributed by atoms with Gasteiger partial charge in [0, 0.05) is 12.8 Å². The summed E-state index contributed by atoms with van der Waals surface area (Å²) in [5, 5.41) is 0. The summed E-state index contributed by atoms with van der Waals surface area (Å²) in [4.78, 5) is 0. The molecule has 0 amide bonds. The van der Waals surface area contributed by atoms with Crippen molar-refractivity contribution < 1.29 is 9.47 Å². The lowest BCUT2D eigenvalue weighted by molar-refractivity contribution is -0.223. The molecule has 0 radical (unpaired) electrons. The smallest absolute Gasteiger partial charge is 0.172 e. The van der Waals surface area contributed by atoms with E-state index in [-0.39, 0.29) is 5.79 Å². The number of benzene rings is 1. The van der Waals surface area contributed by atoms with Crippen LogP contribution in [0.5, 0.6) is 0 Å². The van der Waals surface area contributed by atoms with Gasteiger partial charge in [0.2, 0.25) is 0 Å². The van der Waals surface area contributed by atoms with Crippen LogP contribution in [-0.2, 0) is 22.5 Å². The van der Waals surface area contributed by atoms with E-state index in [0.717, 1.165) is 25.9 Å². The molecule has 0 aromatic heterocycles. The number of rotatable bonds is 0. The highest BCUT2D eigenvalue weighted by Gasteiger charge is 2.39. The molecule has 2 heteroatoms. The van der Waals surface area contributed by atoms with Gasteiger partial charge in [-0.2, -0.15) is 0 Å². The van der Waals surface area contributed by atoms with Gasteiger partial charge in [0.05, 0.1) is 13.2 Å². The van der Waals surface area contributed by atoms with E-state index in [1.54, 1.807) is 0 Å². The fraction of sp³-hybridized carbons (Fsp3) is 0.500. The normalized spacial score (nSPS) is 30.6. The monoisotopic (exact) mass is 190 g/mol. The number of hydrogen-bond acceptors (Lipinski definition) is 2. The van der Waals surface area contributed by atoms with Crippen molar-refractivity contribution in [3.05, 3.63) is 35.4 Å². The lowest BCUT2D eigenvalue weighted by Crippen LogP contribution is -2.37. The molecule has 2 heterocycles. The molecule has 3 rings (SSSR count). The van der Waals surface area contributed by atoms with E-state index < -0.39 is 0 Å². The summed E-state index contributed by atoms with van der Waals surface area (Å²) in [5.41, 5.74) is 2.70. The van der Waals surface area contributed by atoms with Crippen molar-refractivity contribution >= 4 is 0 Å². The van der Waals surface area contributed by atoms with Gasteiger partial charge < -0.3 is 9.47 Å². The molecule has 1 unspecified atom stereocenters. The van der Waals surface area contributed by atoms with Crippen molar-refractivity contribution in [3.63, 3.8) is 0 Å². The van der Waals surface area contributed by atoms with Crippen molar-refractivity contribution in [1.29, 1.82) is 0 Å². The van der Waals surface area contributed by atoms with Gasteiger partial charge in [-0.3, -0.25) is 0 Å². The molecular formula is C12H14O2. The maximum atomic E-state index is 5.83. The summed E-state index contributed by atoms with van der Waals surface area (Å²) in [6.45, 7) is 1.55. The molecule has 1 atom stereocenters. The van der Waals surface area contributed by atoms with Gasteiger partial charge in [-0.05, 0) is 17.5 Å². The molecule has 0 aliphatic carbocycles. The summed E-state index contributed by atoms with van der Waals surface area (Å²) in [7, 11) is 0. The molecule has 0 bridgehead atoms. The zero-order valence-electron chi connectivity index (χ0n) is 8.16. The van der Waals surface area contributed by atoms with E-state index in [9.17, 15) is 0 Å². The molecule has 2 aliphatic rings. The van der Waals surface area contributed by atoms with Crippen LogP contribution in [0.4, 0.5) is 0 Å². The Labute approximate surface area is 83.8 Å². The molecule has 1 aromatic rings. The van der Waals surface area contributed by atoms with Crippen LogP contribution in [-0.4, -0.2) is 12.4 Å². The fourth-order valence-corrected chi connectivity index (χ4v) is 2.35. The zero-order valence-corrected chi connectivity index (χ0v) is 8.16. The van der Waals surface area contributed by atoms with Crippen molar-refractivity contribution in [2.75, 3.05) is 6.61 Å². The standard InChI is InChI=1S/C12H14O2/c1-2-5-11-9-14-12(6-3-7-13-12)8-10(11)4-1/h1-2,4-5H,3,6-9H2. The van der Waals surface area contributed by atoms with E-state index >= 15 is 0 Å². The highest BCUT2D eigenvalue weighted by atomic mass is 16.7. The SMILES string of the molecule is c1ccc2c(c1)COC1(CCCO1)C2. The van der Waals surface area contributed by atoms with E-state index in [0.29, 0.717) is 6.61 Å². The van der Waals surface area contributed by atoms with E-state index in [4.69, 9.17) is 9.47 Å². The highest BCUT2D eigenvalue weighted by molar-refractivity contribution is 5.29. The number of fused-ring (bicyclic) bond motifs is 1. The molecule has 1 fully saturated rings. The molecule has 0 N–H and O–H groups in total. The predicted octanol–water partition coefficient (Wildman–Crippen LogP) is 2.27. The van der Waals surface area contributed by atoms with Gasteiger partial charge in [0.25, 0.3) is 0 Å². The summed E-state index contributed by atoms with van der Waals surface area (Å²) < 4.78 is 11.5. The fourth-order valence-electron chi connectivity index (χ4n) is 2.35. The average Bonchev–Trinajstić information content (AvgIpc) is 2.66. The Bertz CT molecular complexity index is 340. The largest absolute Gasteiger partial charge is 0.350 e. The van der Waals surface area contributed by atoms with Crippen molar-refractivity contribution in [2.45, 2.75) is 31.7 Å². The number of ether oxygens (including phenoxy) is 2. The van der Waals surface area contributed by atoms with Crippen LogP contribution in [0.2, 0.25) is 0 Å². The molecule has 2 nitrogen and oxygen atoms in total. The summed E-state index contributed by atoms with van der Waals surface area (Å²) in [6, 6.07) is 8.47.